The van der Waals surface area contributed by atoms with E-state index in [1.165, 1.54) is 11.1 Å². The van der Waals surface area contributed by atoms with E-state index in [2.05, 4.69) is 39.9 Å². The molecule has 0 spiro atoms. The Bertz CT molecular complexity index is 482. The van der Waals surface area contributed by atoms with E-state index in [0.29, 0.717) is 6.04 Å². The molecule has 1 atom stereocenters. The fourth-order valence-corrected chi connectivity index (χ4v) is 3.80. The van der Waals surface area contributed by atoms with Crippen LogP contribution in [0.15, 0.2) is 35.2 Å². The van der Waals surface area contributed by atoms with Gasteiger partial charge in [0.15, 0.2) is 0 Å². The van der Waals surface area contributed by atoms with E-state index in [4.69, 9.17) is 0 Å². The molecule has 17 heavy (non-hydrogen) atoms. The Morgan fingerprint density at radius 1 is 1.35 bits per heavy atom. The minimum atomic E-state index is 0.464. The van der Waals surface area contributed by atoms with Crippen LogP contribution in [0.2, 0.25) is 0 Å². The van der Waals surface area contributed by atoms with Gasteiger partial charge in [-0.3, -0.25) is 0 Å². The van der Waals surface area contributed by atoms with Crippen molar-refractivity contribution in [2.24, 2.45) is 0 Å². The lowest BCUT2D eigenvalue weighted by Crippen LogP contribution is -2.26. The zero-order valence-corrected chi connectivity index (χ0v) is 11.1. The van der Waals surface area contributed by atoms with Crippen LogP contribution in [-0.2, 0) is 12.3 Å². The summed E-state index contributed by atoms with van der Waals surface area (Å²) in [6.07, 6.45) is 0. The molecule has 0 saturated carbocycles. The molecule has 0 amide bonds. The summed E-state index contributed by atoms with van der Waals surface area (Å²) in [5, 5.41) is 5.71. The lowest BCUT2D eigenvalue weighted by molar-refractivity contribution is 0.569. The molecule has 0 fully saturated rings. The summed E-state index contributed by atoms with van der Waals surface area (Å²) in [5.41, 5.74) is 5.96. The molecule has 0 aliphatic carbocycles. The molecule has 1 aromatic carbocycles. The summed E-state index contributed by atoms with van der Waals surface area (Å²) in [6.45, 7) is 0.864. The number of nitrogens with zero attached hydrogens (tertiary/aromatic N) is 1. The maximum absolute atomic E-state index is 4.31. The standard InChI is InChI=1S/C13H14N2S2/c1-2-4-12-10(3-1)6-16-8-13(12)14-5-11-7-17-9-15-11/h1-4,7,9,13-14H,5-6,8H2. The van der Waals surface area contributed by atoms with Gasteiger partial charge in [0.25, 0.3) is 0 Å². The molecule has 0 saturated heterocycles. The lowest BCUT2D eigenvalue weighted by atomic mass is 10.0. The van der Waals surface area contributed by atoms with Crippen LogP contribution >= 0.6 is 23.1 Å². The van der Waals surface area contributed by atoms with Crippen molar-refractivity contribution in [3.63, 3.8) is 0 Å². The van der Waals surface area contributed by atoms with Crippen molar-refractivity contribution in [1.29, 1.82) is 0 Å². The Morgan fingerprint density at radius 2 is 2.29 bits per heavy atom. The van der Waals surface area contributed by atoms with Gasteiger partial charge in [-0.25, -0.2) is 4.98 Å². The van der Waals surface area contributed by atoms with Gasteiger partial charge >= 0.3 is 0 Å². The number of aromatic nitrogens is 1. The highest BCUT2D eigenvalue weighted by Gasteiger charge is 2.19. The van der Waals surface area contributed by atoms with Crippen LogP contribution in [0.1, 0.15) is 22.9 Å². The van der Waals surface area contributed by atoms with E-state index in [1.54, 1.807) is 11.3 Å². The van der Waals surface area contributed by atoms with Gasteiger partial charge in [-0.05, 0) is 11.1 Å². The summed E-state index contributed by atoms with van der Waals surface area (Å²) < 4.78 is 0. The predicted molar refractivity (Wildman–Crippen MR) is 74.3 cm³/mol. The maximum Gasteiger partial charge on any atom is 0.0795 e. The average Bonchev–Trinajstić information content (AvgIpc) is 2.89. The Balaban J connectivity index is 1.72. The van der Waals surface area contributed by atoms with Crippen LogP contribution in [-0.4, -0.2) is 10.7 Å². The molecule has 4 heteroatoms. The van der Waals surface area contributed by atoms with Gasteiger partial charge in [0.1, 0.15) is 0 Å². The number of fused-ring (bicyclic) bond motifs is 1. The monoisotopic (exact) mass is 262 g/mol. The van der Waals surface area contributed by atoms with Crippen LogP contribution in [0, 0.1) is 0 Å². The van der Waals surface area contributed by atoms with Crippen LogP contribution < -0.4 is 5.32 Å². The number of rotatable bonds is 3. The molecule has 88 valence electrons. The number of hydrogen-bond donors (Lipinski definition) is 1. The molecule has 2 aromatic rings. The zero-order valence-electron chi connectivity index (χ0n) is 9.43. The summed E-state index contributed by atoms with van der Waals surface area (Å²) in [5.74, 6) is 2.30. The van der Waals surface area contributed by atoms with Crippen LogP contribution in [0.25, 0.3) is 0 Å². The number of nitrogens with one attached hydrogen (secondary N) is 1. The third-order valence-corrected chi connectivity index (χ3v) is 4.71. The van der Waals surface area contributed by atoms with Crippen LogP contribution in [0.5, 0.6) is 0 Å². The van der Waals surface area contributed by atoms with Crippen LogP contribution in [0.4, 0.5) is 0 Å². The highest BCUT2D eigenvalue weighted by atomic mass is 32.2. The summed E-state index contributed by atoms with van der Waals surface area (Å²) in [6, 6.07) is 9.20. The summed E-state index contributed by atoms with van der Waals surface area (Å²) in [7, 11) is 0. The van der Waals surface area contributed by atoms with E-state index in [0.717, 1.165) is 23.7 Å². The molecule has 2 heterocycles. The highest BCUT2D eigenvalue weighted by molar-refractivity contribution is 7.98. The molecule has 0 radical (unpaired) electrons. The second-order valence-electron chi connectivity index (χ2n) is 4.13. The first kappa shape index (κ1) is 11.3. The third-order valence-electron chi connectivity index (χ3n) is 2.99. The molecular weight excluding hydrogens is 248 g/mol. The van der Waals surface area contributed by atoms with Gasteiger partial charge in [0.2, 0.25) is 0 Å². The Labute approximate surface area is 109 Å². The minimum absolute atomic E-state index is 0.464. The molecule has 1 aliphatic heterocycles. The van der Waals surface area contributed by atoms with Crippen molar-refractivity contribution in [1.82, 2.24) is 10.3 Å². The first-order valence-electron chi connectivity index (χ1n) is 5.69. The van der Waals surface area contributed by atoms with Gasteiger partial charge in [-0.15, -0.1) is 11.3 Å². The first-order chi connectivity index (χ1) is 8.43. The van der Waals surface area contributed by atoms with E-state index >= 15 is 0 Å². The van der Waals surface area contributed by atoms with Crippen molar-refractivity contribution in [3.05, 3.63) is 52.0 Å². The molecule has 3 rings (SSSR count). The minimum Gasteiger partial charge on any atom is -0.303 e. The van der Waals surface area contributed by atoms with E-state index in [-0.39, 0.29) is 0 Å². The third kappa shape index (κ3) is 2.54. The number of thiazole rings is 1. The Morgan fingerprint density at radius 3 is 3.18 bits per heavy atom. The fourth-order valence-electron chi connectivity index (χ4n) is 2.10. The lowest BCUT2D eigenvalue weighted by Gasteiger charge is -2.25. The largest absolute Gasteiger partial charge is 0.303 e. The Hall–Kier alpha value is -0.840. The van der Waals surface area contributed by atoms with Crippen molar-refractivity contribution < 1.29 is 0 Å². The van der Waals surface area contributed by atoms with E-state index in [9.17, 15) is 0 Å². The molecule has 1 aromatic heterocycles. The summed E-state index contributed by atoms with van der Waals surface area (Å²) >= 11 is 3.66. The van der Waals surface area contributed by atoms with Gasteiger partial charge < -0.3 is 5.32 Å². The fraction of sp³-hybridized carbons (Fsp3) is 0.308. The van der Waals surface area contributed by atoms with Crippen molar-refractivity contribution in [2.75, 3.05) is 5.75 Å². The van der Waals surface area contributed by atoms with E-state index in [1.807, 2.05) is 17.3 Å². The van der Waals surface area contributed by atoms with E-state index < -0.39 is 0 Å². The normalized spacial score (nSPS) is 18.9. The van der Waals surface area contributed by atoms with Gasteiger partial charge in [0.05, 0.1) is 11.2 Å². The quantitative estimate of drug-likeness (QED) is 0.919. The molecule has 1 unspecified atom stereocenters. The Kier molecular flexibility index (Phi) is 3.45. The highest BCUT2D eigenvalue weighted by Crippen LogP contribution is 2.31. The first-order valence-corrected chi connectivity index (χ1v) is 7.79. The van der Waals surface area contributed by atoms with Crippen LogP contribution in [0.3, 0.4) is 0 Å². The second kappa shape index (κ2) is 5.21. The average molecular weight is 262 g/mol. The second-order valence-corrected chi connectivity index (χ2v) is 5.88. The van der Waals surface area contributed by atoms with Gasteiger partial charge in [-0.1, -0.05) is 24.3 Å². The zero-order chi connectivity index (χ0) is 11.5. The molecule has 0 bridgehead atoms. The number of hydrogen-bond acceptors (Lipinski definition) is 4. The van der Waals surface area contributed by atoms with Crippen molar-refractivity contribution in [3.8, 4) is 0 Å². The SMILES string of the molecule is c1ccc2c(c1)CSCC2NCc1cscn1. The number of benzene rings is 1. The number of thioether (sulfide) groups is 1. The topological polar surface area (TPSA) is 24.9 Å². The molecular formula is C13H14N2S2. The van der Waals surface area contributed by atoms with Gasteiger partial charge in [0, 0.05) is 29.5 Å². The van der Waals surface area contributed by atoms with Gasteiger partial charge in [-0.2, -0.15) is 11.8 Å². The van der Waals surface area contributed by atoms with Crippen molar-refractivity contribution in [2.45, 2.75) is 18.3 Å². The molecule has 1 aliphatic rings. The molecule has 2 nitrogen and oxygen atoms in total. The maximum atomic E-state index is 4.31. The summed E-state index contributed by atoms with van der Waals surface area (Å²) in [4.78, 5) is 4.31. The predicted octanol–water partition coefficient (Wildman–Crippen LogP) is 3.22. The molecule has 1 N–H and O–H groups in total. The van der Waals surface area contributed by atoms with Crippen molar-refractivity contribution >= 4 is 23.1 Å². The smallest absolute Gasteiger partial charge is 0.0795 e.